The highest BCUT2D eigenvalue weighted by molar-refractivity contribution is 5.93. The van der Waals surface area contributed by atoms with E-state index < -0.39 is 0 Å². The molecule has 1 N–H and O–H groups in total. The maximum Gasteiger partial charge on any atom is 0.0922 e. The largest absolute Gasteiger partial charge is 0.387 e. The second-order valence-corrected chi connectivity index (χ2v) is 6.53. The molecule has 0 aromatic heterocycles. The Morgan fingerprint density at radius 2 is 1.71 bits per heavy atom. The van der Waals surface area contributed by atoms with Crippen LogP contribution in [-0.2, 0) is 12.8 Å². The Morgan fingerprint density at radius 1 is 0.952 bits per heavy atom. The third kappa shape index (κ3) is 2.37. The molecule has 1 saturated heterocycles. The van der Waals surface area contributed by atoms with Crippen LogP contribution < -0.4 is 0 Å². The summed E-state index contributed by atoms with van der Waals surface area (Å²) in [6.07, 6.45) is 5.82. The van der Waals surface area contributed by atoms with E-state index in [9.17, 15) is 5.11 Å². The molecular formula is C19H23NO. The lowest BCUT2D eigenvalue weighted by atomic mass is 9.96. The van der Waals surface area contributed by atoms with Gasteiger partial charge in [-0.05, 0) is 66.2 Å². The van der Waals surface area contributed by atoms with Crippen molar-refractivity contribution in [2.24, 2.45) is 0 Å². The average Bonchev–Trinajstić information content (AvgIpc) is 2.94. The van der Waals surface area contributed by atoms with E-state index in [1.807, 2.05) is 0 Å². The smallest absolute Gasteiger partial charge is 0.0922 e. The highest BCUT2D eigenvalue weighted by Crippen LogP contribution is 2.35. The van der Waals surface area contributed by atoms with Gasteiger partial charge in [0, 0.05) is 6.54 Å². The molecule has 0 amide bonds. The number of rotatable bonds is 3. The molecule has 2 nitrogen and oxygen atoms in total. The van der Waals surface area contributed by atoms with Crippen molar-refractivity contribution in [3.05, 3.63) is 47.0 Å². The highest BCUT2D eigenvalue weighted by atomic mass is 16.3. The van der Waals surface area contributed by atoms with Gasteiger partial charge in [-0.15, -0.1) is 0 Å². The fourth-order valence-electron chi connectivity index (χ4n) is 4.04. The summed E-state index contributed by atoms with van der Waals surface area (Å²) < 4.78 is 0. The van der Waals surface area contributed by atoms with Gasteiger partial charge in [-0.2, -0.15) is 0 Å². The van der Waals surface area contributed by atoms with Gasteiger partial charge in [0.15, 0.2) is 0 Å². The minimum absolute atomic E-state index is 0.368. The summed E-state index contributed by atoms with van der Waals surface area (Å²) in [5, 5.41) is 13.4. The maximum atomic E-state index is 10.7. The Balaban J connectivity index is 1.67. The van der Waals surface area contributed by atoms with Crippen molar-refractivity contribution in [3.8, 4) is 0 Å². The second kappa shape index (κ2) is 5.43. The van der Waals surface area contributed by atoms with E-state index in [0.717, 1.165) is 38.0 Å². The third-order valence-electron chi connectivity index (χ3n) is 5.15. The van der Waals surface area contributed by atoms with E-state index >= 15 is 0 Å². The Morgan fingerprint density at radius 3 is 2.52 bits per heavy atom. The minimum atomic E-state index is -0.368. The van der Waals surface area contributed by atoms with Crippen LogP contribution in [-0.4, -0.2) is 29.6 Å². The van der Waals surface area contributed by atoms with Crippen LogP contribution in [0.1, 0.15) is 42.1 Å². The third-order valence-corrected chi connectivity index (χ3v) is 5.15. The van der Waals surface area contributed by atoms with Gasteiger partial charge in [0.1, 0.15) is 0 Å². The summed E-state index contributed by atoms with van der Waals surface area (Å²) in [4.78, 5) is 2.41. The SMILES string of the molecule is O[C@@H](CN1CCCCC1)c1ccc2c3c(cccc13)CC2. The summed E-state index contributed by atoms with van der Waals surface area (Å²) >= 11 is 0. The van der Waals surface area contributed by atoms with Crippen LogP contribution in [0, 0.1) is 0 Å². The van der Waals surface area contributed by atoms with Gasteiger partial charge in [0.25, 0.3) is 0 Å². The summed E-state index contributed by atoms with van der Waals surface area (Å²) in [7, 11) is 0. The van der Waals surface area contributed by atoms with Crippen LogP contribution in [0.3, 0.4) is 0 Å². The number of piperidine rings is 1. The van der Waals surface area contributed by atoms with Gasteiger partial charge in [-0.25, -0.2) is 0 Å². The molecule has 0 spiro atoms. The van der Waals surface area contributed by atoms with Crippen molar-refractivity contribution in [2.75, 3.05) is 19.6 Å². The highest BCUT2D eigenvalue weighted by Gasteiger charge is 2.21. The number of nitrogens with zero attached hydrogens (tertiary/aromatic N) is 1. The first-order chi connectivity index (χ1) is 10.3. The predicted octanol–water partition coefficient (Wildman–Crippen LogP) is 3.46. The summed E-state index contributed by atoms with van der Waals surface area (Å²) in [5.41, 5.74) is 4.02. The summed E-state index contributed by atoms with van der Waals surface area (Å²) in [6.45, 7) is 3.05. The fraction of sp³-hybridized carbons (Fsp3) is 0.474. The monoisotopic (exact) mass is 281 g/mol. The van der Waals surface area contributed by atoms with Crippen LogP contribution in [0.2, 0.25) is 0 Å². The Bertz CT molecular complexity index is 648. The molecule has 1 aliphatic carbocycles. The molecular weight excluding hydrogens is 258 g/mol. The van der Waals surface area contributed by atoms with Gasteiger partial charge in [-0.1, -0.05) is 36.8 Å². The molecule has 0 radical (unpaired) electrons. The van der Waals surface area contributed by atoms with Crippen molar-refractivity contribution in [1.29, 1.82) is 0 Å². The van der Waals surface area contributed by atoms with Crippen molar-refractivity contribution in [2.45, 2.75) is 38.2 Å². The molecule has 0 bridgehead atoms. The van der Waals surface area contributed by atoms with E-state index in [1.165, 1.54) is 41.2 Å². The number of aliphatic hydroxyl groups excluding tert-OH is 1. The lowest BCUT2D eigenvalue weighted by Crippen LogP contribution is -2.33. The molecule has 2 aromatic rings. The number of likely N-dealkylation sites (tertiary alicyclic amines) is 1. The fourth-order valence-corrected chi connectivity index (χ4v) is 4.04. The van der Waals surface area contributed by atoms with Gasteiger partial charge in [0.2, 0.25) is 0 Å². The van der Waals surface area contributed by atoms with Gasteiger partial charge in [0.05, 0.1) is 6.10 Å². The normalized spacial score (nSPS) is 20.0. The number of aryl methyl sites for hydroxylation is 2. The zero-order valence-electron chi connectivity index (χ0n) is 12.5. The van der Waals surface area contributed by atoms with Crippen LogP contribution in [0.25, 0.3) is 10.8 Å². The van der Waals surface area contributed by atoms with Crippen molar-refractivity contribution in [1.82, 2.24) is 4.90 Å². The Hall–Kier alpha value is -1.38. The second-order valence-electron chi connectivity index (χ2n) is 6.53. The topological polar surface area (TPSA) is 23.5 Å². The summed E-state index contributed by atoms with van der Waals surface area (Å²) in [6, 6.07) is 10.9. The van der Waals surface area contributed by atoms with Gasteiger partial charge in [-0.3, -0.25) is 0 Å². The molecule has 1 heterocycles. The first kappa shape index (κ1) is 13.3. The molecule has 4 rings (SSSR count). The molecule has 2 aromatic carbocycles. The van der Waals surface area contributed by atoms with Crippen LogP contribution in [0.5, 0.6) is 0 Å². The van der Waals surface area contributed by atoms with E-state index in [-0.39, 0.29) is 6.10 Å². The predicted molar refractivity (Wildman–Crippen MR) is 86.6 cm³/mol. The lowest BCUT2D eigenvalue weighted by Gasteiger charge is -2.29. The number of benzene rings is 2. The Labute approximate surface area is 126 Å². The maximum absolute atomic E-state index is 10.7. The molecule has 21 heavy (non-hydrogen) atoms. The van der Waals surface area contributed by atoms with Gasteiger partial charge < -0.3 is 10.0 Å². The lowest BCUT2D eigenvalue weighted by molar-refractivity contribution is 0.102. The zero-order valence-corrected chi connectivity index (χ0v) is 12.5. The van der Waals surface area contributed by atoms with E-state index in [2.05, 4.69) is 35.2 Å². The molecule has 1 aliphatic heterocycles. The summed E-state index contributed by atoms with van der Waals surface area (Å²) in [5.74, 6) is 0. The average molecular weight is 281 g/mol. The number of β-amino-alcohol motifs (C(OH)–C–C–N with tert-alkyl or cyclic N) is 1. The molecule has 1 fully saturated rings. The first-order valence-electron chi connectivity index (χ1n) is 8.27. The molecule has 2 heteroatoms. The number of aliphatic hydroxyl groups is 1. The van der Waals surface area contributed by atoms with Crippen LogP contribution >= 0.6 is 0 Å². The van der Waals surface area contributed by atoms with E-state index in [1.54, 1.807) is 0 Å². The van der Waals surface area contributed by atoms with Crippen LogP contribution in [0.15, 0.2) is 30.3 Å². The minimum Gasteiger partial charge on any atom is -0.387 e. The number of hydrogen-bond acceptors (Lipinski definition) is 2. The first-order valence-corrected chi connectivity index (χ1v) is 8.27. The molecule has 110 valence electrons. The van der Waals surface area contributed by atoms with Crippen molar-refractivity contribution < 1.29 is 5.11 Å². The molecule has 2 aliphatic rings. The van der Waals surface area contributed by atoms with Crippen molar-refractivity contribution >= 4 is 10.8 Å². The number of hydrogen-bond donors (Lipinski definition) is 1. The standard InChI is InChI=1S/C19H23NO/c21-18(13-20-11-2-1-3-12-20)16-10-9-15-8-7-14-5-4-6-17(16)19(14)15/h4-6,9-10,18,21H,1-3,7-8,11-13H2/t18-/m0/s1. The van der Waals surface area contributed by atoms with E-state index in [4.69, 9.17) is 0 Å². The molecule has 0 saturated carbocycles. The van der Waals surface area contributed by atoms with Crippen molar-refractivity contribution in [3.63, 3.8) is 0 Å². The zero-order chi connectivity index (χ0) is 14.2. The van der Waals surface area contributed by atoms with Gasteiger partial charge >= 0.3 is 0 Å². The van der Waals surface area contributed by atoms with E-state index in [0.29, 0.717) is 0 Å². The van der Waals surface area contributed by atoms with Crippen LogP contribution in [0.4, 0.5) is 0 Å². The molecule has 0 unspecified atom stereocenters. The Kier molecular flexibility index (Phi) is 3.44. The molecule has 1 atom stereocenters. The quantitative estimate of drug-likeness (QED) is 0.931.